The highest BCUT2D eigenvalue weighted by atomic mass is 16.5. The monoisotopic (exact) mass is 196 g/mol. The fraction of sp³-hybridized carbons (Fsp3) is 0.583. The quantitative estimate of drug-likeness (QED) is 0.282. The summed E-state index contributed by atoms with van der Waals surface area (Å²) in [6.45, 7) is 6.30. The van der Waals surface area contributed by atoms with E-state index in [1.807, 2.05) is 13.0 Å². The number of hydrogen-bond donors (Lipinski definition) is 0. The van der Waals surface area contributed by atoms with Crippen molar-refractivity contribution in [1.29, 1.82) is 0 Å². The van der Waals surface area contributed by atoms with E-state index in [-0.39, 0.29) is 5.97 Å². The van der Waals surface area contributed by atoms with E-state index in [4.69, 9.17) is 4.74 Å². The lowest BCUT2D eigenvalue weighted by molar-refractivity contribution is -0.137. The van der Waals surface area contributed by atoms with E-state index in [0.717, 1.165) is 12.0 Å². The zero-order chi connectivity index (χ0) is 10.8. The maximum atomic E-state index is 11.0. The number of allylic oxidation sites excluding steroid dienone is 3. The van der Waals surface area contributed by atoms with Crippen LogP contribution in [0.25, 0.3) is 0 Å². The minimum Gasteiger partial charge on any atom is -0.463 e. The Hall–Kier alpha value is -1.05. The Bertz CT molecular complexity index is 214. The molecule has 0 radical (unpaired) electrons. The number of carbonyl (C=O) groups is 1. The first kappa shape index (κ1) is 12.9. The van der Waals surface area contributed by atoms with E-state index in [1.165, 1.54) is 18.9 Å². The molecule has 0 bridgehead atoms. The van der Waals surface area contributed by atoms with Crippen molar-refractivity contribution in [2.75, 3.05) is 6.61 Å². The van der Waals surface area contributed by atoms with Gasteiger partial charge in [0.15, 0.2) is 0 Å². The van der Waals surface area contributed by atoms with E-state index in [0.29, 0.717) is 6.61 Å². The second-order valence-corrected chi connectivity index (χ2v) is 3.19. The van der Waals surface area contributed by atoms with Gasteiger partial charge in [0.05, 0.1) is 6.61 Å². The average molecular weight is 196 g/mol. The van der Waals surface area contributed by atoms with Gasteiger partial charge < -0.3 is 4.74 Å². The van der Waals surface area contributed by atoms with Crippen molar-refractivity contribution < 1.29 is 9.53 Å². The SMILES string of the molecule is CCCCC=CC(C)=CC(=O)OCC. The Morgan fingerprint density at radius 2 is 2.07 bits per heavy atom. The first-order valence-electron chi connectivity index (χ1n) is 5.22. The van der Waals surface area contributed by atoms with Crippen LogP contribution in [-0.2, 0) is 9.53 Å². The molecular formula is C12H20O2. The number of carbonyl (C=O) groups excluding carboxylic acids is 1. The molecule has 0 aliphatic rings. The zero-order valence-corrected chi connectivity index (χ0v) is 9.38. The summed E-state index contributed by atoms with van der Waals surface area (Å²) in [5.74, 6) is -0.259. The predicted molar refractivity (Wildman–Crippen MR) is 59.1 cm³/mol. The molecule has 0 aliphatic carbocycles. The van der Waals surface area contributed by atoms with Gasteiger partial charge in [-0.1, -0.05) is 31.9 Å². The molecule has 0 unspecified atom stereocenters. The van der Waals surface area contributed by atoms with Gasteiger partial charge in [-0.15, -0.1) is 0 Å². The van der Waals surface area contributed by atoms with Crippen LogP contribution in [0.1, 0.15) is 40.0 Å². The van der Waals surface area contributed by atoms with E-state index < -0.39 is 0 Å². The van der Waals surface area contributed by atoms with E-state index in [9.17, 15) is 4.79 Å². The van der Waals surface area contributed by atoms with Crippen LogP contribution in [0.4, 0.5) is 0 Å². The molecule has 0 atom stereocenters. The van der Waals surface area contributed by atoms with Crippen molar-refractivity contribution >= 4 is 5.97 Å². The third kappa shape index (κ3) is 7.59. The molecule has 80 valence electrons. The molecule has 0 heterocycles. The van der Waals surface area contributed by atoms with Crippen LogP contribution in [0, 0.1) is 0 Å². The number of ether oxygens (including phenoxy) is 1. The Labute approximate surface area is 86.6 Å². The molecule has 0 fully saturated rings. The van der Waals surface area contributed by atoms with Crippen LogP contribution in [0.5, 0.6) is 0 Å². The number of rotatable bonds is 6. The average Bonchev–Trinajstić information content (AvgIpc) is 2.13. The van der Waals surface area contributed by atoms with Gasteiger partial charge >= 0.3 is 5.97 Å². The van der Waals surface area contributed by atoms with Crippen molar-refractivity contribution in [1.82, 2.24) is 0 Å². The third-order valence-electron chi connectivity index (χ3n) is 1.74. The zero-order valence-electron chi connectivity index (χ0n) is 9.38. The van der Waals surface area contributed by atoms with Crippen LogP contribution in [0.15, 0.2) is 23.8 Å². The second kappa shape index (κ2) is 8.54. The third-order valence-corrected chi connectivity index (χ3v) is 1.74. The number of unbranched alkanes of at least 4 members (excludes halogenated alkanes) is 2. The van der Waals surface area contributed by atoms with Crippen molar-refractivity contribution in [3.8, 4) is 0 Å². The topological polar surface area (TPSA) is 26.3 Å². The number of hydrogen-bond acceptors (Lipinski definition) is 2. The molecule has 0 rings (SSSR count). The summed E-state index contributed by atoms with van der Waals surface area (Å²) in [6.07, 6.45) is 9.05. The van der Waals surface area contributed by atoms with Crippen LogP contribution >= 0.6 is 0 Å². The largest absolute Gasteiger partial charge is 0.463 e. The molecular weight excluding hydrogens is 176 g/mol. The summed E-state index contributed by atoms with van der Waals surface area (Å²) in [6, 6.07) is 0. The first-order chi connectivity index (χ1) is 6.70. The van der Waals surface area contributed by atoms with Gasteiger partial charge in [0.1, 0.15) is 0 Å². The van der Waals surface area contributed by atoms with Crippen molar-refractivity contribution in [3.63, 3.8) is 0 Å². The van der Waals surface area contributed by atoms with Gasteiger partial charge in [-0.05, 0) is 25.8 Å². The van der Waals surface area contributed by atoms with Gasteiger partial charge in [-0.25, -0.2) is 4.79 Å². The summed E-state index contributed by atoms with van der Waals surface area (Å²) in [5, 5.41) is 0. The second-order valence-electron chi connectivity index (χ2n) is 3.19. The molecule has 2 nitrogen and oxygen atoms in total. The molecule has 0 N–H and O–H groups in total. The van der Waals surface area contributed by atoms with Crippen LogP contribution in [0.2, 0.25) is 0 Å². The fourth-order valence-electron chi connectivity index (χ4n) is 1.01. The Morgan fingerprint density at radius 1 is 1.36 bits per heavy atom. The lowest BCUT2D eigenvalue weighted by Crippen LogP contribution is -1.99. The molecule has 0 amide bonds. The molecule has 0 spiro atoms. The Kier molecular flexibility index (Phi) is 7.90. The molecule has 14 heavy (non-hydrogen) atoms. The molecule has 0 aromatic rings. The maximum absolute atomic E-state index is 11.0. The number of esters is 1. The maximum Gasteiger partial charge on any atom is 0.330 e. The predicted octanol–water partition coefficient (Wildman–Crippen LogP) is 3.24. The Balaban J connectivity index is 3.86. The standard InChI is InChI=1S/C12H20O2/c1-4-6-7-8-9-11(3)10-12(13)14-5-2/h8-10H,4-7H2,1-3H3. The molecule has 0 aromatic carbocycles. The van der Waals surface area contributed by atoms with Gasteiger partial charge in [-0.2, -0.15) is 0 Å². The molecule has 0 saturated heterocycles. The van der Waals surface area contributed by atoms with Gasteiger partial charge in [0.25, 0.3) is 0 Å². The van der Waals surface area contributed by atoms with E-state index in [2.05, 4.69) is 13.0 Å². The Morgan fingerprint density at radius 3 is 2.64 bits per heavy atom. The van der Waals surface area contributed by atoms with Crippen LogP contribution < -0.4 is 0 Å². The molecule has 2 heteroatoms. The van der Waals surface area contributed by atoms with Crippen LogP contribution in [0.3, 0.4) is 0 Å². The normalized spacial score (nSPS) is 12.1. The first-order valence-corrected chi connectivity index (χ1v) is 5.22. The summed E-state index contributed by atoms with van der Waals surface area (Å²) in [7, 11) is 0. The summed E-state index contributed by atoms with van der Waals surface area (Å²) in [4.78, 5) is 11.0. The lowest BCUT2D eigenvalue weighted by atomic mass is 10.2. The highest BCUT2D eigenvalue weighted by Crippen LogP contribution is 2.00. The van der Waals surface area contributed by atoms with E-state index >= 15 is 0 Å². The fourth-order valence-corrected chi connectivity index (χ4v) is 1.01. The minimum absolute atomic E-state index is 0.259. The molecule has 0 aliphatic heterocycles. The highest BCUT2D eigenvalue weighted by molar-refractivity contribution is 5.83. The van der Waals surface area contributed by atoms with Gasteiger partial charge in [0.2, 0.25) is 0 Å². The summed E-state index contributed by atoms with van der Waals surface area (Å²) >= 11 is 0. The minimum atomic E-state index is -0.259. The molecule has 0 aromatic heterocycles. The molecule has 0 saturated carbocycles. The highest BCUT2D eigenvalue weighted by Gasteiger charge is 1.94. The smallest absolute Gasteiger partial charge is 0.330 e. The van der Waals surface area contributed by atoms with Crippen molar-refractivity contribution in [2.24, 2.45) is 0 Å². The lowest BCUT2D eigenvalue weighted by Gasteiger charge is -1.96. The van der Waals surface area contributed by atoms with Crippen LogP contribution in [-0.4, -0.2) is 12.6 Å². The van der Waals surface area contributed by atoms with Crippen molar-refractivity contribution in [2.45, 2.75) is 40.0 Å². The van der Waals surface area contributed by atoms with Gasteiger partial charge in [0, 0.05) is 6.08 Å². The van der Waals surface area contributed by atoms with Crippen molar-refractivity contribution in [3.05, 3.63) is 23.8 Å². The summed E-state index contributed by atoms with van der Waals surface area (Å²) in [5.41, 5.74) is 0.944. The summed E-state index contributed by atoms with van der Waals surface area (Å²) < 4.78 is 4.79. The van der Waals surface area contributed by atoms with E-state index in [1.54, 1.807) is 6.92 Å². The van der Waals surface area contributed by atoms with Gasteiger partial charge in [-0.3, -0.25) is 0 Å².